The van der Waals surface area contributed by atoms with Gasteiger partial charge in [0.05, 0.1) is 6.10 Å². The van der Waals surface area contributed by atoms with Gasteiger partial charge in [-0.2, -0.15) is 11.8 Å². The Morgan fingerprint density at radius 3 is 2.62 bits per heavy atom. The molecular formula is C16H26FNOS2. The smallest absolute Gasteiger partial charge is 0.123 e. The van der Waals surface area contributed by atoms with Crippen LogP contribution in [0.15, 0.2) is 29.2 Å². The zero-order chi connectivity index (χ0) is 15.5. The molecule has 0 aliphatic heterocycles. The molecule has 0 radical (unpaired) electrons. The van der Waals surface area contributed by atoms with Crippen LogP contribution in [0.2, 0.25) is 0 Å². The topological polar surface area (TPSA) is 23.5 Å². The number of aliphatic hydroxyl groups excluding tert-OH is 1. The largest absolute Gasteiger partial charge is 0.391 e. The number of thioether (sulfide) groups is 2. The predicted octanol–water partition coefficient (Wildman–Crippen LogP) is 3.74. The van der Waals surface area contributed by atoms with Crippen molar-refractivity contribution in [1.29, 1.82) is 0 Å². The molecule has 1 N–H and O–H groups in total. The second kappa shape index (κ2) is 11.4. The zero-order valence-electron chi connectivity index (χ0n) is 12.9. The summed E-state index contributed by atoms with van der Waals surface area (Å²) < 4.78 is 12.8. The lowest BCUT2D eigenvalue weighted by Gasteiger charge is -2.20. The van der Waals surface area contributed by atoms with Gasteiger partial charge in [-0.05, 0) is 62.2 Å². The van der Waals surface area contributed by atoms with Crippen molar-refractivity contribution in [3.63, 3.8) is 0 Å². The molecule has 1 aromatic rings. The summed E-state index contributed by atoms with van der Waals surface area (Å²) in [5.74, 6) is 2.85. The van der Waals surface area contributed by atoms with Crippen molar-refractivity contribution in [3.05, 3.63) is 30.1 Å². The van der Waals surface area contributed by atoms with E-state index in [-0.39, 0.29) is 11.9 Å². The second-order valence-electron chi connectivity index (χ2n) is 5.15. The Labute approximate surface area is 136 Å². The average Bonchev–Trinajstić information content (AvgIpc) is 2.46. The third-order valence-corrected chi connectivity index (χ3v) is 5.39. The van der Waals surface area contributed by atoms with Gasteiger partial charge in [0.2, 0.25) is 0 Å². The molecule has 0 aromatic heterocycles. The summed E-state index contributed by atoms with van der Waals surface area (Å²) >= 11 is 3.57. The first-order chi connectivity index (χ1) is 10.1. The van der Waals surface area contributed by atoms with Gasteiger partial charge in [0.1, 0.15) is 5.82 Å². The first-order valence-electron chi connectivity index (χ1n) is 7.44. The lowest BCUT2D eigenvalue weighted by Crippen LogP contribution is -2.31. The molecule has 1 rings (SSSR count). The van der Waals surface area contributed by atoms with Crippen LogP contribution in [0.1, 0.15) is 19.8 Å². The first-order valence-corrected chi connectivity index (χ1v) is 9.58. The SMILES string of the molecule is CCCSCCCN(C)CC(O)CSc1ccc(F)cc1. The third-order valence-electron chi connectivity index (χ3n) is 2.96. The minimum absolute atomic E-state index is 0.222. The van der Waals surface area contributed by atoms with Gasteiger partial charge >= 0.3 is 0 Å². The van der Waals surface area contributed by atoms with Crippen molar-refractivity contribution in [2.75, 3.05) is 37.4 Å². The molecule has 0 saturated heterocycles. The molecule has 0 amide bonds. The van der Waals surface area contributed by atoms with E-state index in [0.717, 1.165) is 11.4 Å². The lowest BCUT2D eigenvalue weighted by molar-refractivity contribution is 0.145. The molecule has 0 bridgehead atoms. The molecule has 1 atom stereocenters. The summed E-state index contributed by atoms with van der Waals surface area (Å²) in [5.41, 5.74) is 0. The molecule has 2 nitrogen and oxygen atoms in total. The van der Waals surface area contributed by atoms with Gasteiger partial charge in [0.15, 0.2) is 0 Å². The van der Waals surface area contributed by atoms with Crippen molar-refractivity contribution in [3.8, 4) is 0 Å². The Morgan fingerprint density at radius 1 is 1.24 bits per heavy atom. The zero-order valence-corrected chi connectivity index (χ0v) is 14.6. The summed E-state index contributed by atoms with van der Waals surface area (Å²) in [6.07, 6.45) is 2.05. The maximum absolute atomic E-state index is 12.8. The summed E-state index contributed by atoms with van der Waals surface area (Å²) in [7, 11) is 2.05. The fourth-order valence-corrected chi connectivity index (χ4v) is 3.55. The summed E-state index contributed by atoms with van der Waals surface area (Å²) in [6.45, 7) is 3.91. The fraction of sp³-hybridized carbons (Fsp3) is 0.625. The van der Waals surface area contributed by atoms with Crippen molar-refractivity contribution in [1.82, 2.24) is 4.90 Å². The van der Waals surface area contributed by atoms with E-state index in [4.69, 9.17) is 0 Å². The predicted molar refractivity (Wildman–Crippen MR) is 92.9 cm³/mol. The number of halogens is 1. The summed E-state index contributed by atoms with van der Waals surface area (Å²) in [5, 5.41) is 10.0. The van der Waals surface area contributed by atoms with Crippen molar-refractivity contribution in [2.24, 2.45) is 0 Å². The number of rotatable bonds is 11. The minimum atomic E-state index is -0.353. The fourth-order valence-electron chi connectivity index (χ4n) is 1.91. The van der Waals surface area contributed by atoms with E-state index in [2.05, 4.69) is 18.9 Å². The molecule has 0 aliphatic rings. The van der Waals surface area contributed by atoms with Gasteiger partial charge in [0.25, 0.3) is 0 Å². The molecule has 0 heterocycles. The standard InChI is InChI=1S/C16H26FNOS2/c1-3-10-20-11-4-9-18(2)12-15(19)13-21-16-7-5-14(17)6-8-16/h5-8,15,19H,3-4,9-13H2,1-2H3. The van der Waals surface area contributed by atoms with E-state index in [1.807, 2.05) is 11.8 Å². The van der Waals surface area contributed by atoms with Gasteiger partial charge in [-0.25, -0.2) is 4.39 Å². The highest BCUT2D eigenvalue weighted by atomic mass is 32.2. The number of nitrogens with zero attached hydrogens (tertiary/aromatic N) is 1. The Hall–Kier alpha value is -0.230. The van der Waals surface area contributed by atoms with Crippen LogP contribution in [-0.2, 0) is 0 Å². The normalized spacial score (nSPS) is 12.8. The second-order valence-corrected chi connectivity index (χ2v) is 7.47. The Morgan fingerprint density at radius 2 is 1.95 bits per heavy atom. The molecular weight excluding hydrogens is 305 g/mol. The Balaban J connectivity index is 2.11. The number of benzene rings is 1. The van der Waals surface area contributed by atoms with Gasteiger partial charge in [0, 0.05) is 17.2 Å². The number of hydrogen-bond donors (Lipinski definition) is 1. The monoisotopic (exact) mass is 331 g/mol. The number of aliphatic hydroxyl groups is 1. The van der Waals surface area contributed by atoms with Crippen molar-refractivity contribution >= 4 is 23.5 Å². The van der Waals surface area contributed by atoms with E-state index < -0.39 is 0 Å². The van der Waals surface area contributed by atoms with E-state index in [9.17, 15) is 9.50 Å². The number of likely N-dealkylation sites (N-methyl/N-ethyl adjacent to an activating group) is 1. The van der Waals surface area contributed by atoms with Gasteiger partial charge in [-0.3, -0.25) is 0 Å². The molecule has 21 heavy (non-hydrogen) atoms. The van der Waals surface area contributed by atoms with Crippen LogP contribution in [0, 0.1) is 5.82 Å². The van der Waals surface area contributed by atoms with E-state index in [1.54, 1.807) is 23.9 Å². The van der Waals surface area contributed by atoms with Crippen LogP contribution in [0.5, 0.6) is 0 Å². The summed E-state index contributed by atoms with van der Waals surface area (Å²) in [6, 6.07) is 6.41. The van der Waals surface area contributed by atoms with E-state index in [1.165, 1.54) is 36.5 Å². The van der Waals surface area contributed by atoms with Crippen LogP contribution in [0.3, 0.4) is 0 Å². The van der Waals surface area contributed by atoms with Gasteiger partial charge in [-0.15, -0.1) is 11.8 Å². The number of hydrogen-bond acceptors (Lipinski definition) is 4. The van der Waals surface area contributed by atoms with Gasteiger partial charge < -0.3 is 10.0 Å². The average molecular weight is 332 g/mol. The minimum Gasteiger partial charge on any atom is -0.391 e. The van der Waals surface area contributed by atoms with Crippen LogP contribution in [0.4, 0.5) is 4.39 Å². The van der Waals surface area contributed by atoms with Crippen LogP contribution in [0.25, 0.3) is 0 Å². The third kappa shape index (κ3) is 9.40. The maximum atomic E-state index is 12.8. The first kappa shape index (κ1) is 18.8. The molecule has 0 fully saturated rings. The van der Waals surface area contributed by atoms with Gasteiger partial charge in [-0.1, -0.05) is 6.92 Å². The van der Waals surface area contributed by atoms with E-state index >= 15 is 0 Å². The molecule has 120 valence electrons. The molecule has 0 saturated carbocycles. The van der Waals surface area contributed by atoms with Crippen LogP contribution in [-0.4, -0.2) is 53.5 Å². The van der Waals surface area contributed by atoms with E-state index in [0.29, 0.717) is 12.3 Å². The highest BCUT2D eigenvalue weighted by molar-refractivity contribution is 7.99. The molecule has 0 spiro atoms. The highest BCUT2D eigenvalue weighted by Gasteiger charge is 2.09. The quantitative estimate of drug-likeness (QED) is 0.493. The van der Waals surface area contributed by atoms with Crippen molar-refractivity contribution < 1.29 is 9.50 Å². The Kier molecular flexibility index (Phi) is 10.2. The van der Waals surface area contributed by atoms with Crippen LogP contribution >= 0.6 is 23.5 Å². The Bertz CT molecular complexity index is 375. The van der Waals surface area contributed by atoms with Crippen molar-refractivity contribution in [2.45, 2.75) is 30.8 Å². The molecule has 1 unspecified atom stereocenters. The molecule has 0 aliphatic carbocycles. The highest BCUT2D eigenvalue weighted by Crippen LogP contribution is 2.19. The molecule has 5 heteroatoms. The van der Waals surface area contributed by atoms with Crippen LogP contribution < -0.4 is 0 Å². The molecule has 1 aromatic carbocycles. The summed E-state index contributed by atoms with van der Waals surface area (Å²) in [4.78, 5) is 3.18. The lowest BCUT2D eigenvalue weighted by atomic mass is 10.3. The maximum Gasteiger partial charge on any atom is 0.123 e.